The zero-order chi connectivity index (χ0) is 15.3. The van der Waals surface area contributed by atoms with Crippen molar-refractivity contribution in [2.24, 2.45) is 11.1 Å². The fraction of sp³-hybridized carbons (Fsp3) is 0.588. The van der Waals surface area contributed by atoms with Gasteiger partial charge in [0.2, 0.25) is 5.91 Å². The van der Waals surface area contributed by atoms with E-state index in [0.717, 1.165) is 18.4 Å². The van der Waals surface area contributed by atoms with Crippen LogP contribution in [0.1, 0.15) is 44.1 Å². The van der Waals surface area contributed by atoms with E-state index in [1.807, 2.05) is 0 Å². The van der Waals surface area contributed by atoms with Gasteiger partial charge in [0, 0.05) is 20.0 Å². The molecule has 0 spiro atoms. The number of carbonyl (C=O) groups excluding carboxylic acids is 1. The average molecular weight is 292 g/mol. The van der Waals surface area contributed by atoms with Crippen LogP contribution in [0.5, 0.6) is 0 Å². The Hall–Kier alpha value is -1.42. The third-order valence-electron chi connectivity index (χ3n) is 4.63. The molecule has 1 aliphatic carbocycles. The Bertz CT molecular complexity index is 466. The molecule has 2 rings (SSSR count). The third kappa shape index (κ3) is 4.27. The summed E-state index contributed by atoms with van der Waals surface area (Å²) in [6, 6.07) is 6.29. The van der Waals surface area contributed by atoms with Crippen LogP contribution in [0.15, 0.2) is 24.3 Å². The van der Waals surface area contributed by atoms with Gasteiger partial charge in [-0.2, -0.15) is 0 Å². The summed E-state index contributed by atoms with van der Waals surface area (Å²) in [5.41, 5.74) is 6.88. The molecule has 21 heavy (non-hydrogen) atoms. The standard InChI is InChI=1S/C17H25FN2O/c1-20(12-14-5-7-15(18)8-6-14)16(21)11-17(13-19)9-3-2-4-10-17/h5-8H,2-4,9-13,19H2,1H3. The number of carbonyl (C=O) groups is 1. The molecule has 0 bridgehead atoms. The fourth-order valence-corrected chi connectivity index (χ4v) is 3.16. The van der Waals surface area contributed by atoms with Crippen LogP contribution in [0.2, 0.25) is 0 Å². The van der Waals surface area contributed by atoms with E-state index >= 15 is 0 Å². The van der Waals surface area contributed by atoms with Crippen molar-refractivity contribution in [3.05, 3.63) is 35.6 Å². The zero-order valence-corrected chi connectivity index (χ0v) is 12.8. The van der Waals surface area contributed by atoms with Crippen LogP contribution in [0.3, 0.4) is 0 Å². The molecule has 1 amide bonds. The lowest BCUT2D eigenvalue weighted by Crippen LogP contribution is -2.39. The number of nitrogens with two attached hydrogens (primary N) is 1. The molecule has 4 heteroatoms. The van der Waals surface area contributed by atoms with Gasteiger partial charge in [-0.15, -0.1) is 0 Å². The largest absolute Gasteiger partial charge is 0.341 e. The maximum atomic E-state index is 12.9. The van der Waals surface area contributed by atoms with Crippen molar-refractivity contribution in [3.8, 4) is 0 Å². The monoisotopic (exact) mass is 292 g/mol. The van der Waals surface area contributed by atoms with Gasteiger partial charge in [-0.3, -0.25) is 4.79 Å². The molecular weight excluding hydrogens is 267 g/mol. The van der Waals surface area contributed by atoms with Crippen molar-refractivity contribution in [3.63, 3.8) is 0 Å². The predicted octanol–water partition coefficient (Wildman–Crippen LogP) is 3.08. The first-order valence-electron chi connectivity index (χ1n) is 7.73. The molecule has 0 radical (unpaired) electrons. The van der Waals surface area contributed by atoms with Crippen LogP contribution >= 0.6 is 0 Å². The summed E-state index contributed by atoms with van der Waals surface area (Å²) in [5, 5.41) is 0. The highest BCUT2D eigenvalue weighted by atomic mass is 19.1. The molecule has 1 aliphatic rings. The molecule has 0 heterocycles. The lowest BCUT2D eigenvalue weighted by atomic mass is 9.71. The van der Waals surface area contributed by atoms with Crippen LogP contribution in [0, 0.1) is 11.2 Å². The minimum atomic E-state index is -0.253. The topological polar surface area (TPSA) is 46.3 Å². The number of nitrogens with zero attached hydrogens (tertiary/aromatic N) is 1. The van der Waals surface area contributed by atoms with Crippen LogP contribution < -0.4 is 5.73 Å². The molecule has 0 aliphatic heterocycles. The van der Waals surface area contributed by atoms with E-state index in [-0.39, 0.29) is 17.1 Å². The molecule has 0 saturated heterocycles. The first kappa shape index (κ1) is 16.0. The maximum absolute atomic E-state index is 12.9. The molecule has 1 aromatic rings. The Kier molecular flexibility index (Phi) is 5.34. The zero-order valence-electron chi connectivity index (χ0n) is 12.8. The lowest BCUT2D eigenvalue weighted by molar-refractivity contribution is -0.133. The van der Waals surface area contributed by atoms with Crippen LogP contribution in [-0.4, -0.2) is 24.4 Å². The number of rotatable bonds is 5. The second kappa shape index (κ2) is 7.03. The minimum Gasteiger partial charge on any atom is -0.341 e. The van der Waals surface area contributed by atoms with Crippen molar-refractivity contribution in [2.75, 3.05) is 13.6 Å². The van der Waals surface area contributed by atoms with E-state index in [2.05, 4.69) is 0 Å². The first-order valence-corrected chi connectivity index (χ1v) is 7.73. The number of amides is 1. The van der Waals surface area contributed by atoms with Crippen LogP contribution in [0.4, 0.5) is 4.39 Å². The van der Waals surface area contributed by atoms with E-state index in [0.29, 0.717) is 19.5 Å². The summed E-state index contributed by atoms with van der Waals surface area (Å²) < 4.78 is 12.9. The number of hydrogen-bond donors (Lipinski definition) is 1. The molecular formula is C17H25FN2O. The van der Waals surface area contributed by atoms with Gasteiger partial charge in [0.15, 0.2) is 0 Å². The summed E-state index contributed by atoms with van der Waals surface area (Å²) in [5.74, 6) is -0.122. The van der Waals surface area contributed by atoms with Crippen LogP contribution in [-0.2, 0) is 11.3 Å². The van der Waals surface area contributed by atoms with E-state index in [1.54, 1.807) is 24.1 Å². The van der Waals surface area contributed by atoms with Gasteiger partial charge in [-0.1, -0.05) is 31.4 Å². The van der Waals surface area contributed by atoms with Crippen molar-refractivity contribution in [1.82, 2.24) is 4.90 Å². The molecule has 1 aromatic carbocycles. The molecule has 0 aromatic heterocycles. The Labute approximate surface area is 126 Å². The first-order chi connectivity index (χ1) is 10.0. The summed E-state index contributed by atoms with van der Waals surface area (Å²) in [7, 11) is 1.80. The number of halogens is 1. The van der Waals surface area contributed by atoms with Crippen molar-refractivity contribution in [1.29, 1.82) is 0 Å². The maximum Gasteiger partial charge on any atom is 0.223 e. The predicted molar refractivity (Wildman–Crippen MR) is 82.1 cm³/mol. The highest BCUT2D eigenvalue weighted by Crippen LogP contribution is 2.38. The summed E-state index contributed by atoms with van der Waals surface area (Å²) in [4.78, 5) is 14.2. The van der Waals surface area contributed by atoms with Gasteiger partial charge in [0.1, 0.15) is 5.82 Å². The molecule has 0 atom stereocenters. The molecule has 3 nitrogen and oxygen atoms in total. The molecule has 1 saturated carbocycles. The third-order valence-corrected chi connectivity index (χ3v) is 4.63. The van der Waals surface area contributed by atoms with E-state index in [4.69, 9.17) is 5.73 Å². The Morgan fingerprint density at radius 1 is 1.24 bits per heavy atom. The van der Waals surface area contributed by atoms with Crippen molar-refractivity contribution in [2.45, 2.75) is 45.1 Å². The van der Waals surface area contributed by atoms with Crippen molar-refractivity contribution >= 4 is 5.91 Å². The average Bonchev–Trinajstić information content (AvgIpc) is 2.50. The number of benzene rings is 1. The fourth-order valence-electron chi connectivity index (χ4n) is 3.16. The second-order valence-electron chi connectivity index (χ2n) is 6.32. The molecule has 1 fully saturated rings. The second-order valence-corrected chi connectivity index (χ2v) is 6.32. The van der Waals surface area contributed by atoms with Gasteiger partial charge in [-0.05, 0) is 42.5 Å². The van der Waals surface area contributed by atoms with Gasteiger partial charge >= 0.3 is 0 Å². The molecule has 0 unspecified atom stereocenters. The van der Waals surface area contributed by atoms with Crippen molar-refractivity contribution < 1.29 is 9.18 Å². The van der Waals surface area contributed by atoms with Gasteiger partial charge in [0.25, 0.3) is 0 Å². The SMILES string of the molecule is CN(Cc1ccc(F)cc1)C(=O)CC1(CN)CCCCC1. The van der Waals surface area contributed by atoms with Gasteiger partial charge in [0.05, 0.1) is 0 Å². The number of hydrogen-bond acceptors (Lipinski definition) is 2. The Balaban J connectivity index is 1.93. The molecule has 2 N–H and O–H groups in total. The van der Waals surface area contributed by atoms with E-state index in [9.17, 15) is 9.18 Å². The summed E-state index contributed by atoms with van der Waals surface area (Å²) >= 11 is 0. The van der Waals surface area contributed by atoms with E-state index < -0.39 is 0 Å². The van der Waals surface area contributed by atoms with E-state index in [1.165, 1.54) is 31.4 Å². The quantitative estimate of drug-likeness (QED) is 0.906. The highest BCUT2D eigenvalue weighted by Gasteiger charge is 2.33. The molecule has 116 valence electrons. The normalized spacial score (nSPS) is 17.5. The summed E-state index contributed by atoms with van der Waals surface area (Å²) in [6.45, 7) is 1.10. The van der Waals surface area contributed by atoms with Crippen LogP contribution in [0.25, 0.3) is 0 Å². The van der Waals surface area contributed by atoms with Gasteiger partial charge < -0.3 is 10.6 Å². The Morgan fingerprint density at radius 3 is 2.43 bits per heavy atom. The highest BCUT2D eigenvalue weighted by molar-refractivity contribution is 5.76. The lowest BCUT2D eigenvalue weighted by Gasteiger charge is -2.36. The minimum absolute atomic E-state index is 0.00755. The van der Waals surface area contributed by atoms with Gasteiger partial charge in [-0.25, -0.2) is 4.39 Å². The summed E-state index contributed by atoms with van der Waals surface area (Å²) in [6.07, 6.45) is 6.24. The Morgan fingerprint density at radius 2 is 1.86 bits per heavy atom. The smallest absolute Gasteiger partial charge is 0.223 e.